The first kappa shape index (κ1) is 19.8. The molecule has 2 atom stereocenters. The fourth-order valence-corrected chi connectivity index (χ4v) is 4.71. The molecule has 31 heavy (non-hydrogen) atoms. The zero-order valence-electron chi connectivity index (χ0n) is 17.3. The number of likely N-dealkylation sites (tertiary alicyclic amines) is 1. The minimum absolute atomic E-state index is 0.0416. The van der Waals surface area contributed by atoms with Crippen LogP contribution in [-0.2, 0) is 22.6 Å². The second-order valence-electron chi connectivity index (χ2n) is 8.16. The number of carbonyl (C=O) groups is 1. The van der Waals surface area contributed by atoms with E-state index in [4.69, 9.17) is 4.74 Å². The van der Waals surface area contributed by atoms with E-state index >= 15 is 0 Å². The molecule has 7 heteroatoms. The van der Waals surface area contributed by atoms with Gasteiger partial charge in [-0.1, -0.05) is 18.2 Å². The van der Waals surface area contributed by atoms with Crippen molar-refractivity contribution in [2.45, 2.75) is 24.6 Å². The van der Waals surface area contributed by atoms with Crippen LogP contribution in [-0.4, -0.2) is 62.5 Å². The van der Waals surface area contributed by atoms with E-state index in [1.54, 1.807) is 18.6 Å². The lowest BCUT2D eigenvalue weighted by Crippen LogP contribution is -2.59. The number of aromatic nitrogens is 3. The Kier molecular flexibility index (Phi) is 5.44. The molecular formula is C24H25N5O2. The molecule has 1 amide bonds. The first-order chi connectivity index (χ1) is 15.2. The van der Waals surface area contributed by atoms with Crippen molar-refractivity contribution < 1.29 is 9.53 Å². The Balaban J connectivity index is 1.45. The summed E-state index contributed by atoms with van der Waals surface area (Å²) < 4.78 is 6.34. The zero-order valence-corrected chi connectivity index (χ0v) is 17.3. The minimum Gasteiger partial charge on any atom is -0.361 e. The van der Waals surface area contributed by atoms with Gasteiger partial charge in [-0.3, -0.25) is 24.6 Å². The molecule has 158 valence electrons. The molecule has 3 aromatic rings. The highest BCUT2D eigenvalue weighted by Gasteiger charge is 2.57. The molecular weight excluding hydrogens is 390 g/mol. The Hall–Kier alpha value is -3.16. The van der Waals surface area contributed by atoms with Crippen LogP contribution in [0.1, 0.15) is 22.7 Å². The molecule has 0 saturated carbocycles. The molecule has 0 unspecified atom stereocenters. The molecule has 0 N–H and O–H groups in total. The molecule has 1 spiro atoms. The van der Waals surface area contributed by atoms with Gasteiger partial charge in [0, 0.05) is 69.6 Å². The van der Waals surface area contributed by atoms with Crippen LogP contribution in [0.25, 0.3) is 0 Å². The number of pyridine rings is 3. The van der Waals surface area contributed by atoms with Gasteiger partial charge in [0.1, 0.15) is 0 Å². The van der Waals surface area contributed by atoms with E-state index in [-0.39, 0.29) is 11.8 Å². The maximum absolute atomic E-state index is 13.9. The predicted molar refractivity (Wildman–Crippen MR) is 115 cm³/mol. The lowest BCUT2D eigenvalue weighted by molar-refractivity contribution is -0.173. The first-order valence-corrected chi connectivity index (χ1v) is 10.6. The fourth-order valence-electron chi connectivity index (χ4n) is 4.71. The molecule has 5 heterocycles. The minimum atomic E-state index is -0.918. The summed E-state index contributed by atoms with van der Waals surface area (Å²) in [5.74, 6) is -0.0471. The van der Waals surface area contributed by atoms with Crippen molar-refractivity contribution in [2.75, 3.05) is 26.2 Å². The van der Waals surface area contributed by atoms with Gasteiger partial charge < -0.3 is 9.64 Å². The molecule has 2 aliphatic rings. The third kappa shape index (κ3) is 3.94. The van der Waals surface area contributed by atoms with Crippen molar-refractivity contribution in [3.63, 3.8) is 0 Å². The highest BCUT2D eigenvalue weighted by atomic mass is 16.5. The average molecular weight is 415 g/mol. The molecule has 2 saturated heterocycles. The van der Waals surface area contributed by atoms with Crippen LogP contribution in [0.2, 0.25) is 0 Å². The summed E-state index contributed by atoms with van der Waals surface area (Å²) in [5, 5.41) is 0. The van der Waals surface area contributed by atoms with E-state index in [1.165, 1.54) is 0 Å². The van der Waals surface area contributed by atoms with Crippen molar-refractivity contribution in [3.8, 4) is 0 Å². The second kappa shape index (κ2) is 8.53. The van der Waals surface area contributed by atoms with Crippen molar-refractivity contribution in [1.29, 1.82) is 0 Å². The normalized spacial score (nSPS) is 24.1. The number of ether oxygens (including phenoxy) is 1. The van der Waals surface area contributed by atoms with Gasteiger partial charge >= 0.3 is 0 Å². The van der Waals surface area contributed by atoms with Crippen LogP contribution in [0.15, 0.2) is 73.4 Å². The average Bonchev–Trinajstić information content (AvgIpc) is 3.17. The number of amides is 1. The molecule has 0 radical (unpaired) electrons. The third-order valence-corrected chi connectivity index (χ3v) is 6.13. The van der Waals surface area contributed by atoms with Gasteiger partial charge in [0.15, 0.2) is 5.60 Å². The summed E-state index contributed by atoms with van der Waals surface area (Å²) in [4.78, 5) is 31.0. The van der Waals surface area contributed by atoms with E-state index in [0.717, 1.165) is 23.4 Å². The number of rotatable bonds is 5. The molecule has 3 aromatic heterocycles. The van der Waals surface area contributed by atoms with Gasteiger partial charge in [-0.05, 0) is 35.4 Å². The van der Waals surface area contributed by atoms with E-state index in [1.807, 2.05) is 59.8 Å². The van der Waals surface area contributed by atoms with Crippen molar-refractivity contribution >= 4 is 5.91 Å². The van der Waals surface area contributed by atoms with Gasteiger partial charge in [-0.2, -0.15) is 0 Å². The highest BCUT2D eigenvalue weighted by Crippen LogP contribution is 2.42. The standard InChI is InChI=1S/C24H25N5O2/c30-23-24(31-12-11-29(23)15-19-5-3-8-25-13-19)18-28(16-21-7-1-2-10-27-21)17-22(24)20-6-4-9-26-14-20/h1-10,13-14,22H,11-12,15-18H2/t22-,24+/m0/s1. The monoisotopic (exact) mass is 415 g/mol. The smallest absolute Gasteiger partial charge is 0.257 e. The summed E-state index contributed by atoms with van der Waals surface area (Å²) in [6.07, 6.45) is 8.98. The van der Waals surface area contributed by atoms with Crippen LogP contribution in [0.4, 0.5) is 0 Å². The molecule has 7 nitrogen and oxygen atoms in total. The molecule has 0 bridgehead atoms. The lowest BCUT2D eigenvalue weighted by Gasteiger charge is -2.42. The van der Waals surface area contributed by atoms with Gasteiger partial charge in [0.05, 0.1) is 12.3 Å². The third-order valence-electron chi connectivity index (χ3n) is 6.13. The van der Waals surface area contributed by atoms with Gasteiger partial charge in [-0.15, -0.1) is 0 Å². The molecule has 2 aliphatic heterocycles. The van der Waals surface area contributed by atoms with E-state index in [2.05, 4.69) is 19.9 Å². The second-order valence-corrected chi connectivity index (χ2v) is 8.16. The van der Waals surface area contributed by atoms with Crippen LogP contribution >= 0.6 is 0 Å². The summed E-state index contributed by atoms with van der Waals surface area (Å²) in [5.41, 5.74) is 2.12. The number of morpholine rings is 1. The topological polar surface area (TPSA) is 71.5 Å². The molecule has 0 aromatic carbocycles. The number of hydrogen-bond donors (Lipinski definition) is 0. The van der Waals surface area contributed by atoms with Gasteiger partial charge in [0.25, 0.3) is 5.91 Å². The number of carbonyl (C=O) groups excluding carboxylic acids is 1. The van der Waals surface area contributed by atoms with Crippen molar-refractivity contribution in [2.24, 2.45) is 0 Å². The van der Waals surface area contributed by atoms with E-state index < -0.39 is 5.60 Å². The summed E-state index contributed by atoms with van der Waals surface area (Å²) in [7, 11) is 0. The lowest BCUT2D eigenvalue weighted by atomic mass is 9.83. The number of hydrogen-bond acceptors (Lipinski definition) is 6. The Morgan fingerprint density at radius 1 is 1.00 bits per heavy atom. The summed E-state index contributed by atoms with van der Waals surface area (Å²) in [6.45, 7) is 3.56. The van der Waals surface area contributed by atoms with Crippen LogP contribution in [0.3, 0.4) is 0 Å². The van der Waals surface area contributed by atoms with E-state index in [0.29, 0.717) is 32.8 Å². The maximum atomic E-state index is 13.9. The Bertz CT molecular complexity index is 1020. The number of nitrogens with zero attached hydrogens (tertiary/aromatic N) is 5. The summed E-state index contributed by atoms with van der Waals surface area (Å²) >= 11 is 0. The van der Waals surface area contributed by atoms with Gasteiger partial charge in [0.2, 0.25) is 0 Å². The molecule has 5 rings (SSSR count). The fraction of sp³-hybridized carbons (Fsp3) is 0.333. The first-order valence-electron chi connectivity index (χ1n) is 10.6. The van der Waals surface area contributed by atoms with E-state index in [9.17, 15) is 4.79 Å². The Morgan fingerprint density at radius 3 is 2.61 bits per heavy atom. The largest absolute Gasteiger partial charge is 0.361 e. The summed E-state index contributed by atoms with van der Waals surface area (Å²) in [6, 6.07) is 13.8. The predicted octanol–water partition coefficient (Wildman–Crippen LogP) is 2.27. The molecule has 2 fully saturated rings. The Labute approximate surface area is 181 Å². The van der Waals surface area contributed by atoms with Crippen molar-refractivity contribution in [1.82, 2.24) is 24.8 Å². The SMILES string of the molecule is O=C1N(Cc2cccnc2)CCO[C@@]12CN(Cc1ccccn1)C[C@H]2c1cccnc1. The van der Waals surface area contributed by atoms with Crippen molar-refractivity contribution in [3.05, 3.63) is 90.3 Å². The van der Waals surface area contributed by atoms with Crippen LogP contribution < -0.4 is 0 Å². The van der Waals surface area contributed by atoms with Crippen LogP contribution in [0, 0.1) is 0 Å². The maximum Gasteiger partial charge on any atom is 0.257 e. The Morgan fingerprint density at radius 2 is 1.87 bits per heavy atom. The zero-order chi connectivity index (χ0) is 21.1. The highest BCUT2D eigenvalue weighted by molar-refractivity contribution is 5.88. The molecule has 0 aliphatic carbocycles. The quantitative estimate of drug-likeness (QED) is 0.637. The van der Waals surface area contributed by atoms with Gasteiger partial charge in [-0.25, -0.2) is 0 Å². The van der Waals surface area contributed by atoms with Crippen LogP contribution in [0.5, 0.6) is 0 Å².